The van der Waals surface area contributed by atoms with Gasteiger partial charge in [0, 0.05) is 12.6 Å². The van der Waals surface area contributed by atoms with E-state index in [9.17, 15) is 4.79 Å². The van der Waals surface area contributed by atoms with Crippen LogP contribution in [-0.2, 0) is 6.54 Å². The minimum absolute atomic E-state index is 0.0482. The van der Waals surface area contributed by atoms with E-state index in [0.717, 1.165) is 0 Å². The number of carboxylic acids is 1. The summed E-state index contributed by atoms with van der Waals surface area (Å²) in [5.41, 5.74) is 0.0482. The molecule has 0 radical (unpaired) electrons. The highest BCUT2D eigenvalue weighted by Crippen LogP contribution is 1.95. The number of hydrogen-bond donors (Lipinski definition) is 1. The largest absolute Gasteiger partial charge is 0.476 e. The summed E-state index contributed by atoms with van der Waals surface area (Å²) in [7, 11) is 0. The summed E-state index contributed by atoms with van der Waals surface area (Å²) in [6.45, 7) is 0.559. The molecule has 0 amide bonds. The van der Waals surface area contributed by atoms with Crippen molar-refractivity contribution in [2.24, 2.45) is 0 Å². The molecule has 12 heavy (non-hydrogen) atoms. The Labute approximate surface area is 69.8 Å². The molecule has 0 fully saturated rings. The van der Waals surface area contributed by atoms with Crippen molar-refractivity contribution >= 4 is 5.97 Å². The molecule has 1 rings (SSSR count). The third kappa shape index (κ3) is 1.86. The Morgan fingerprint density at radius 2 is 2.58 bits per heavy atom. The number of carboxylic acid groups (broad SMARTS) is 1. The number of nitrogens with zero attached hydrogens (tertiary/aromatic N) is 2. The first-order valence-corrected chi connectivity index (χ1v) is 3.44. The number of rotatable bonds is 3. The summed E-state index contributed by atoms with van der Waals surface area (Å²) in [6.07, 6.45) is 7.19. The predicted octanol–water partition coefficient (Wildman–Crippen LogP) is 0.605. The van der Waals surface area contributed by atoms with E-state index in [1.807, 2.05) is 0 Å². The molecule has 0 atom stereocenters. The van der Waals surface area contributed by atoms with Crippen molar-refractivity contribution in [2.45, 2.75) is 13.0 Å². The van der Waals surface area contributed by atoms with Crippen LogP contribution in [0.3, 0.4) is 0 Å². The summed E-state index contributed by atoms with van der Waals surface area (Å²) in [6, 6.07) is 1.44. The van der Waals surface area contributed by atoms with Crippen LogP contribution in [0.1, 0.15) is 16.9 Å². The van der Waals surface area contributed by atoms with Gasteiger partial charge in [-0.1, -0.05) is 0 Å². The highest BCUT2D eigenvalue weighted by atomic mass is 16.4. The maximum atomic E-state index is 10.4. The van der Waals surface area contributed by atoms with Gasteiger partial charge in [0.2, 0.25) is 0 Å². The van der Waals surface area contributed by atoms with Gasteiger partial charge in [0.25, 0.3) is 0 Å². The van der Waals surface area contributed by atoms with Gasteiger partial charge in [-0.25, -0.2) is 4.79 Å². The molecule has 0 saturated carbocycles. The maximum absolute atomic E-state index is 10.4. The standard InChI is InChI=1S/C8H8N2O2/c1-2-3-5-10-6-4-7(9-10)8(11)12/h1,4,6H,3,5H2,(H,11,12). The lowest BCUT2D eigenvalue weighted by Gasteiger charge is -1.93. The average molecular weight is 164 g/mol. The van der Waals surface area contributed by atoms with E-state index in [2.05, 4.69) is 11.0 Å². The Bertz CT molecular complexity index is 322. The molecule has 4 heteroatoms. The maximum Gasteiger partial charge on any atom is 0.356 e. The van der Waals surface area contributed by atoms with Crippen molar-refractivity contribution in [1.82, 2.24) is 9.78 Å². The monoisotopic (exact) mass is 164 g/mol. The van der Waals surface area contributed by atoms with Crippen LogP contribution in [0.5, 0.6) is 0 Å². The molecular weight excluding hydrogens is 156 g/mol. The molecule has 0 saturated heterocycles. The molecule has 4 nitrogen and oxygen atoms in total. The number of hydrogen-bond acceptors (Lipinski definition) is 2. The van der Waals surface area contributed by atoms with E-state index in [0.29, 0.717) is 13.0 Å². The molecule has 0 aliphatic heterocycles. The summed E-state index contributed by atoms with van der Waals surface area (Å²) in [5, 5.41) is 12.3. The first-order valence-electron chi connectivity index (χ1n) is 3.44. The van der Waals surface area contributed by atoms with Gasteiger partial charge in [0.05, 0.1) is 6.54 Å². The van der Waals surface area contributed by atoms with Crippen molar-refractivity contribution in [2.75, 3.05) is 0 Å². The number of aromatic carboxylic acids is 1. The fourth-order valence-corrected chi connectivity index (χ4v) is 0.779. The van der Waals surface area contributed by atoms with Crippen LogP contribution in [0.2, 0.25) is 0 Å². The Kier molecular flexibility index (Phi) is 2.49. The van der Waals surface area contributed by atoms with Gasteiger partial charge in [-0.3, -0.25) is 4.68 Å². The lowest BCUT2D eigenvalue weighted by Crippen LogP contribution is -2.02. The van der Waals surface area contributed by atoms with Gasteiger partial charge in [0.15, 0.2) is 5.69 Å². The van der Waals surface area contributed by atoms with Crippen LogP contribution in [-0.4, -0.2) is 20.9 Å². The van der Waals surface area contributed by atoms with Crippen molar-refractivity contribution < 1.29 is 9.90 Å². The summed E-state index contributed by atoms with van der Waals surface area (Å²) in [5.74, 6) is 1.43. The van der Waals surface area contributed by atoms with Gasteiger partial charge in [-0.2, -0.15) is 5.10 Å². The average Bonchev–Trinajstić information content (AvgIpc) is 2.48. The highest BCUT2D eigenvalue weighted by Gasteiger charge is 2.05. The first-order chi connectivity index (χ1) is 5.74. The molecule has 0 bridgehead atoms. The second kappa shape index (κ2) is 3.58. The van der Waals surface area contributed by atoms with Crippen LogP contribution < -0.4 is 0 Å². The second-order valence-electron chi connectivity index (χ2n) is 2.22. The van der Waals surface area contributed by atoms with E-state index in [1.165, 1.54) is 10.7 Å². The van der Waals surface area contributed by atoms with Crippen molar-refractivity contribution in [1.29, 1.82) is 0 Å². The minimum atomic E-state index is -1.02. The molecule has 0 aliphatic carbocycles. The summed E-state index contributed by atoms with van der Waals surface area (Å²) < 4.78 is 1.52. The number of aryl methyl sites for hydroxylation is 1. The van der Waals surface area contributed by atoms with Gasteiger partial charge in [0.1, 0.15) is 0 Å². The van der Waals surface area contributed by atoms with Gasteiger partial charge in [-0.15, -0.1) is 12.3 Å². The van der Waals surface area contributed by atoms with E-state index < -0.39 is 5.97 Å². The first kappa shape index (κ1) is 8.34. The topological polar surface area (TPSA) is 55.1 Å². The fraction of sp³-hybridized carbons (Fsp3) is 0.250. The zero-order valence-corrected chi connectivity index (χ0v) is 6.40. The number of terminal acetylenes is 1. The van der Waals surface area contributed by atoms with Gasteiger partial charge < -0.3 is 5.11 Å². The molecule has 1 heterocycles. The van der Waals surface area contributed by atoms with Crippen molar-refractivity contribution in [3.63, 3.8) is 0 Å². The lowest BCUT2D eigenvalue weighted by molar-refractivity contribution is 0.0689. The van der Waals surface area contributed by atoms with E-state index >= 15 is 0 Å². The molecule has 0 aliphatic rings. The van der Waals surface area contributed by atoms with Gasteiger partial charge >= 0.3 is 5.97 Å². The van der Waals surface area contributed by atoms with E-state index in [-0.39, 0.29) is 5.69 Å². The number of carbonyl (C=O) groups is 1. The Balaban J connectivity index is 2.66. The molecule has 0 unspecified atom stereocenters. The van der Waals surface area contributed by atoms with Crippen LogP contribution in [0, 0.1) is 12.3 Å². The van der Waals surface area contributed by atoms with Gasteiger partial charge in [-0.05, 0) is 6.07 Å². The van der Waals surface area contributed by atoms with E-state index in [1.54, 1.807) is 6.20 Å². The summed E-state index contributed by atoms with van der Waals surface area (Å²) >= 11 is 0. The molecule has 0 aromatic carbocycles. The highest BCUT2D eigenvalue weighted by molar-refractivity contribution is 5.84. The molecule has 1 aromatic heterocycles. The van der Waals surface area contributed by atoms with Crippen LogP contribution in [0.4, 0.5) is 0 Å². The van der Waals surface area contributed by atoms with Crippen molar-refractivity contribution in [3.05, 3.63) is 18.0 Å². The van der Waals surface area contributed by atoms with Crippen LogP contribution in [0.25, 0.3) is 0 Å². The normalized spacial score (nSPS) is 9.25. The minimum Gasteiger partial charge on any atom is -0.476 e. The lowest BCUT2D eigenvalue weighted by atomic mass is 10.4. The fourth-order valence-electron chi connectivity index (χ4n) is 0.779. The zero-order valence-electron chi connectivity index (χ0n) is 6.40. The van der Waals surface area contributed by atoms with E-state index in [4.69, 9.17) is 11.5 Å². The Morgan fingerprint density at radius 1 is 1.83 bits per heavy atom. The second-order valence-corrected chi connectivity index (χ2v) is 2.22. The SMILES string of the molecule is C#CCCn1ccc(C(=O)O)n1. The Hall–Kier alpha value is -1.76. The summed E-state index contributed by atoms with van der Waals surface area (Å²) in [4.78, 5) is 10.4. The number of aromatic nitrogens is 2. The van der Waals surface area contributed by atoms with Crippen molar-refractivity contribution in [3.8, 4) is 12.3 Å². The molecule has 62 valence electrons. The van der Waals surface area contributed by atoms with Crippen LogP contribution in [0.15, 0.2) is 12.3 Å². The molecule has 1 aromatic rings. The molecule has 0 spiro atoms. The zero-order chi connectivity index (χ0) is 8.97. The van der Waals surface area contributed by atoms with Crippen LogP contribution >= 0.6 is 0 Å². The third-order valence-electron chi connectivity index (χ3n) is 1.35. The third-order valence-corrected chi connectivity index (χ3v) is 1.35. The molecule has 1 N–H and O–H groups in total. The predicted molar refractivity (Wildman–Crippen MR) is 42.6 cm³/mol. The quantitative estimate of drug-likeness (QED) is 0.666. The smallest absolute Gasteiger partial charge is 0.356 e. The Morgan fingerprint density at radius 3 is 3.08 bits per heavy atom. The molecular formula is C8H8N2O2.